The zero-order valence-corrected chi connectivity index (χ0v) is 17.4. The summed E-state index contributed by atoms with van der Waals surface area (Å²) in [4.78, 5) is 23.2. The highest BCUT2D eigenvalue weighted by Gasteiger charge is 2.13. The van der Waals surface area contributed by atoms with Gasteiger partial charge >= 0.3 is 0 Å². The van der Waals surface area contributed by atoms with Crippen molar-refractivity contribution in [2.45, 2.75) is 13.0 Å². The molecular formula is C23H22FN3O2S. The summed E-state index contributed by atoms with van der Waals surface area (Å²) in [5.74, 6) is 1.03. The van der Waals surface area contributed by atoms with Crippen LogP contribution in [0.4, 0.5) is 4.39 Å². The maximum Gasteiger partial charge on any atom is 0.260 e. The summed E-state index contributed by atoms with van der Waals surface area (Å²) >= 11 is 1.49. The smallest absolute Gasteiger partial charge is 0.260 e. The van der Waals surface area contributed by atoms with Crippen molar-refractivity contribution in [1.82, 2.24) is 14.9 Å². The maximum absolute atomic E-state index is 12.9. The quantitative estimate of drug-likeness (QED) is 0.418. The van der Waals surface area contributed by atoms with Crippen molar-refractivity contribution in [1.29, 1.82) is 0 Å². The highest BCUT2D eigenvalue weighted by Crippen LogP contribution is 2.30. The number of ether oxygens (including phenoxy) is 1. The molecule has 0 saturated carbocycles. The van der Waals surface area contributed by atoms with Crippen LogP contribution in [-0.2, 0) is 6.54 Å². The third kappa shape index (κ3) is 4.75. The normalized spacial score (nSPS) is 11.3. The maximum atomic E-state index is 12.9. The second-order valence-electron chi connectivity index (χ2n) is 7.10. The van der Waals surface area contributed by atoms with Crippen LogP contribution in [-0.4, -0.2) is 35.1 Å². The first-order valence-electron chi connectivity index (χ1n) is 9.73. The van der Waals surface area contributed by atoms with Crippen LogP contribution in [0, 0.1) is 5.82 Å². The second kappa shape index (κ2) is 9.19. The Morgan fingerprint density at radius 1 is 1.13 bits per heavy atom. The number of fused-ring (bicyclic) bond motifs is 1. The second-order valence-corrected chi connectivity index (χ2v) is 7.96. The molecule has 5 nitrogen and oxygen atoms in total. The molecule has 0 bridgehead atoms. The summed E-state index contributed by atoms with van der Waals surface area (Å²) in [7, 11) is 1.98. The molecule has 30 heavy (non-hydrogen) atoms. The molecule has 0 radical (unpaired) electrons. The fraction of sp³-hybridized carbons (Fsp3) is 0.217. The van der Waals surface area contributed by atoms with E-state index in [4.69, 9.17) is 4.74 Å². The Morgan fingerprint density at radius 2 is 1.90 bits per heavy atom. The van der Waals surface area contributed by atoms with Gasteiger partial charge < -0.3 is 9.72 Å². The van der Waals surface area contributed by atoms with Gasteiger partial charge in [0.15, 0.2) is 0 Å². The van der Waals surface area contributed by atoms with Crippen molar-refractivity contribution < 1.29 is 9.13 Å². The lowest BCUT2D eigenvalue weighted by Crippen LogP contribution is -2.24. The van der Waals surface area contributed by atoms with E-state index in [2.05, 4.69) is 14.9 Å². The number of nitrogens with one attached hydrogen (secondary N) is 1. The minimum absolute atomic E-state index is 0.108. The molecule has 0 atom stereocenters. The van der Waals surface area contributed by atoms with Gasteiger partial charge in [-0.15, -0.1) is 11.3 Å². The fourth-order valence-corrected chi connectivity index (χ4v) is 4.26. The Labute approximate surface area is 177 Å². The Balaban J connectivity index is 1.36. The summed E-state index contributed by atoms with van der Waals surface area (Å²) in [6.45, 7) is 1.85. The first-order chi connectivity index (χ1) is 14.6. The average Bonchev–Trinajstić information content (AvgIpc) is 3.18. The zero-order valence-electron chi connectivity index (χ0n) is 16.6. The lowest BCUT2D eigenvalue weighted by Gasteiger charge is -2.16. The van der Waals surface area contributed by atoms with E-state index in [1.807, 2.05) is 42.8 Å². The molecule has 4 rings (SSSR count). The number of nitrogens with zero attached hydrogens (tertiary/aromatic N) is 2. The van der Waals surface area contributed by atoms with Gasteiger partial charge in [0, 0.05) is 17.5 Å². The van der Waals surface area contributed by atoms with Gasteiger partial charge in [-0.25, -0.2) is 9.37 Å². The molecule has 2 aromatic carbocycles. The molecule has 2 aromatic heterocycles. The first kappa shape index (κ1) is 20.3. The number of hydrogen-bond acceptors (Lipinski definition) is 5. The summed E-state index contributed by atoms with van der Waals surface area (Å²) in [5.41, 5.74) is 1.83. The van der Waals surface area contributed by atoms with Gasteiger partial charge in [-0.3, -0.25) is 9.69 Å². The Hall–Kier alpha value is -3.03. The molecule has 0 aliphatic heterocycles. The summed E-state index contributed by atoms with van der Waals surface area (Å²) in [5, 5.41) is 2.63. The van der Waals surface area contributed by atoms with Crippen LogP contribution in [0.1, 0.15) is 12.2 Å². The number of hydrogen-bond donors (Lipinski definition) is 1. The highest BCUT2D eigenvalue weighted by atomic mass is 32.1. The number of H-pyrrole nitrogens is 1. The van der Waals surface area contributed by atoms with Crippen molar-refractivity contribution in [3.8, 4) is 16.9 Å². The molecule has 0 unspecified atom stereocenters. The Bertz CT molecular complexity index is 1170. The Morgan fingerprint density at radius 3 is 2.67 bits per heavy atom. The van der Waals surface area contributed by atoms with Crippen LogP contribution in [0.3, 0.4) is 0 Å². The van der Waals surface area contributed by atoms with Crippen molar-refractivity contribution in [3.05, 3.63) is 82.0 Å². The van der Waals surface area contributed by atoms with Gasteiger partial charge in [0.2, 0.25) is 0 Å². The fourth-order valence-electron chi connectivity index (χ4n) is 3.29. The topological polar surface area (TPSA) is 58.2 Å². The van der Waals surface area contributed by atoms with E-state index in [1.54, 1.807) is 12.1 Å². The van der Waals surface area contributed by atoms with Crippen LogP contribution < -0.4 is 10.3 Å². The molecule has 0 amide bonds. The SMILES string of the molecule is CN(CCCOc1ccc(F)cc1)Cc1nc2scc(-c3ccccc3)c2c(=O)[nH]1. The van der Waals surface area contributed by atoms with E-state index >= 15 is 0 Å². The van der Waals surface area contributed by atoms with E-state index < -0.39 is 0 Å². The average molecular weight is 424 g/mol. The minimum atomic E-state index is -0.276. The third-order valence-electron chi connectivity index (χ3n) is 4.76. The van der Waals surface area contributed by atoms with Crippen LogP contribution in [0.5, 0.6) is 5.75 Å². The largest absolute Gasteiger partial charge is 0.494 e. The molecule has 0 fully saturated rings. The molecule has 1 N–H and O–H groups in total. The van der Waals surface area contributed by atoms with E-state index in [-0.39, 0.29) is 11.4 Å². The summed E-state index contributed by atoms with van der Waals surface area (Å²) in [6.07, 6.45) is 0.803. The molecule has 0 spiro atoms. The van der Waals surface area contributed by atoms with Gasteiger partial charge in [-0.2, -0.15) is 0 Å². The number of aromatic amines is 1. The summed E-state index contributed by atoms with van der Waals surface area (Å²) in [6, 6.07) is 15.9. The molecule has 0 aliphatic rings. The lowest BCUT2D eigenvalue weighted by molar-refractivity contribution is 0.255. The minimum Gasteiger partial charge on any atom is -0.494 e. The Kier molecular flexibility index (Phi) is 6.21. The molecular weight excluding hydrogens is 401 g/mol. The van der Waals surface area contributed by atoms with Crippen LogP contribution in [0.25, 0.3) is 21.3 Å². The highest BCUT2D eigenvalue weighted by molar-refractivity contribution is 7.17. The van der Waals surface area contributed by atoms with Gasteiger partial charge in [0.25, 0.3) is 5.56 Å². The van der Waals surface area contributed by atoms with Crippen LogP contribution >= 0.6 is 11.3 Å². The zero-order chi connectivity index (χ0) is 20.9. The first-order valence-corrected chi connectivity index (χ1v) is 10.6. The molecule has 2 heterocycles. The van der Waals surface area contributed by atoms with Crippen molar-refractivity contribution in [2.24, 2.45) is 0 Å². The van der Waals surface area contributed by atoms with Gasteiger partial charge in [-0.1, -0.05) is 30.3 Å². The van der Waals surface area contributed by atoms with E-state index in [0.29, 0.717) is 30.1 Å². The van der Waals surface area contributed by atoms with Crippen LogP contribution in [0.15, 0.2) is 64.8 Å². The molecule has 4 aromatic rings. The van der Waals surface area contributed by atoms with Crippen molar-refractivity contribution >= 4 is 21.6 Å². The number of benzene rings is 2. The standard InChI is InChI=1S/C23H22FN3O2S/c1-27(12-5-13-29-18-10-8-17(24)9-11-18)14-20-25-22(28)21-19(15-30-23(21)26-20)16-6-3-2-4-7-16/h2-4,6-11,15H,5,12-14H2,1H3,(H,25,26,28). The van der Waals surface area contributed by atoms with E-state index in [0.717, 1.165) is 28.9 Å². The third-order valence-corrected chi connectivity index (χ3v) is 5.64. The monoisotopic (exact) mass is 423 g/mol. The predicted octanol–water partition coefficient (Wildman–Crippen LogP) is 4.69. The lowest BCUT2D eigenvalue weighted by atomic mass is 10.1. The van der Waals surface area contributed by atoms with Crippen molar-refractivity contribution in [3.63, 3.8) is 0 Å². The van der Waals surface area contributed by atoms with Gasteiger partial charge in [0.05, 0.1) is 18.5 Å². The number of thiophene rings is 1. The molecule has 0 aliphatic carbocycles. The van der Waals surface area contributed by atoms with Gasteiger partial charge in [-0.05, 0) is 43.3 Å². The molecule has 154 valence electrons. The molecule has 7 heteroatoms. The summed E-state index contributed by atoms with van der Waals surface area (Å²) < 4.78 is 18.5. The van der Waals surface area contributed by atoms with E-state index in [1.165, 1.54) is 23.5 Å². The van der Waals surface area contributed by atoms with Crippen LogP contribution in [0.2, 0.25) is 0 Å². The predicted molar refractivity (Wildman–Crippen MR) is 119 cm³/mol. The van der Waals surface area contributed by atoms with E-state index in [9.17, 15) is 9.18 Å². The number of rotatable bonds is 8. The molecule has 0 saturated heterocycles. The number of halogens is 1. The van der Waals surface area contributed by atoms with Crippen molar-refractivity contribution in [2.75, 3.05) is 20.2 Å². The van der Waals surface area contributed by atoms with Gasteiger partial charge in [0.1, 0.15) is 22.2 Å². The number of aromatic nitrogens is 2.